The van der Waals surface area contributed by atoms with E-state index < -0.39 is 0 Å². The summed E-state index contributed by atoms with van der Waals surface area (Å²) in [6.45, 7) is 5.77. The van der Waals surface area contributed by atoms with Crippen molar-refractivity contribution in [1.82, 2.24) is 9.88 Å². The first-order chi connectivity index (χ1) is 7.29. The molecule has 1 rings (SSSR count). The van der Waals surface area contributed by atoms with Crippen LogP contribution in [0.2, 0.25) is 0 Å². The van der Waals surface area contributed by atoms with Gasteiger partial charge in [0.1, 0.15) is 5.69 Å². The molecule has 0 atom stereocenters. The zero-order chi connectivity index (χ0) is 11.1. The van der Waals surface area contributed by atoms with Gasteiger partial charge in [-0.25, -0.2) is 0 Å². The maximum Gasteiger partial charge on any atom is 0.272 e. The molecule has 15 heavy (non-hydrogen) atoms. The van der Waals surface area contributed by atoms with Crippen molar-refractivity contribution in [2.75, 3.05) is 13.1 Å². The lowest BCUT2D eigenvalue weighted by atomic mass is 10.3. The summed E-state index contributed by atoms with van der Waals surface area (Å²) in [5, 5.41) is 0. The summed E-state index contributed by atoms with van der Waals surface area (Å²) >= 11 is 0. The minimum Gasteiger partial charge on any atom is -0.337 e. The molecule has 0 saturated heterocycles. The van der Waals surface area contributed by atoms with Crippen molar-refractivity contribution in [2.24, 2.45) is 0 Å². The number of hydrogen-bond donors (Lipinski definition) is 0. The molecular formula is C12H18N2O. The Hall–Kier alpha value is -1.38. The van der Waals surface area contributed by atoms with Crippen LogP contribution in [0.1, 0.15) is 37.2 Å². The number of nitrogens with zero attached hydrogens (tertiary/aromatic N) is 2. The Balaban J connectivity index is 2.71. The molecule has 0 saturated carbocycles. The fraction of sp³-hybridized carbons (Fsp3) is 0.500. The molecule has 0 aliphatic rings. The van der Waals surface area contributed by atoms with Gasteiger partial charge in [-0.3, -0.25) is 9.78 Å². The first-order valence-electron chi connectivity index (χ1n) is 5.49. The molecule has 0 N–H and O–H groups in total. The standard InChI is InChI=1S/C12H18N2O/c1-3-9-14(10-4-2)12(15)11-7-5-6-8-13-11/h5-8H,3-4,9-10H2,1-2H3. The average Bonchev–Trinajstić information content (AvgIpc) is 2.29. The highest BCUT2D eigenvalue weighted by molar-refractivity contribution is 5.92. The molecule has 0 bridgehead atoms. The van der Waals surface area contributed by atoms with Crippen molar-refractivity contribution in [3.63, 3.8) is 0 Å². The summed E-state index contributed by atoms with van der Waals surface area (Å²) in [5.41, 5.74) is 0.541. The van der Waals surface area contributed by atoms with Gasteiger partial charge >= 0.3 is 0 Å². The van der Waals surface area contributed by atoms with Gasteiger partial charge in [0.05, 0.1) is 0 Å². The van der Waals surface area contributed by atoms with E-state index in [1.807, 2.05) is 17.0 Å². The molecule has 1 aromatic heterocycles. The Bertz CT molecular complexity index is 292. The molecule has 1 aromatic rings. The lowest BCUT2D eigenvalue weighted by Gasteiger charge is -2.20. The number of pyridine rings is 1. The quantitative estimate of drug-likeness (QED) is 0.741. The normalized spacial score (nSPS) is 10.0. The molecule has 0 unspecified atom stereocenters. The summed E-state index contributed by atoms with van der Waals surface area (Å²) in [6.07, 6.45) is 3.63. The Morgan fingerprint density at radius 3 is 2.40 bits per heavy atom. The second kappa shape index (κ2) is 6.17. The maximum atomic E-state index is 12.0. The Kier molecular flexibility index (Phi) is 4.81. The molecule has 3 nitrogen and oxygen atoms in total. The summed E-state index contributed by atoms with van der Waals surface area (Å²) in [5.74, 6) is 0.0410. The SMILES string of the molecule is CCCN(CCC)C(=O)c1ccccn1. The van der Waals surface area contributed by atoms with Crippen molar-refractivity contribution in [3.8, 4) is 0 Å². The zero-order valence-corrected chi connectivity index (χ0v) is 9.44. The van der Waals surface area contributed by atoms with Crippen LogP contribution in [0.5, 0.6) is 0 Å². The third-order valence-electron chi connectivity index (χ3n) is 2.16. The van der Waals surface area contributed by atoms with E-state index in [0.29, 0.717) is 5.69 Å². The predicted molar refractivity (Wildman–Crippen MR) is 60.7 cm³/mol. The number of carbonyl (C=O) groups is 1. The van der Waals surface area contributed by atoms with Crippen LogP contribution in [0.3, 0.4) is 0 Å². The van der Waals surface area contributed by atoms with E-state index in [-0.39, 0.29) is 5.91 Å². The molecule has 0 fully saturated rings. The minimum atomic E-state index is 0.0410. The van der Waals surface area contributed by atoms with Crippen LogP contribution in [0.25, 0.3) is 0 Å². The number of carbonyl (C=O) groups excluding carboxylic acids is 1. The van der Waals surface area contributed by atoms with Crippen molar-refractivity contribution in [2.45, 2.75) is 26.7 Å². The average molecular weight is 206 g/mol. The number of rotatable bonds is 5. The Morgan fingerprint density at radius 2 is 1.93 bits per heavy atom. The minimum absolute atomic E-state index is 0.0410. The first-order valence-corrected chi connectivity index (χ1v) is 5.49. The van der Waals surface area contributed by atoms with E-state index >= 15 is 0 Å². The molecule has 82 valence electrons. The second-order valence-corrected chi connectivity index (χ2v) is 3.51. The number of aromatic nitrogens is 1. The van der Waals surface area contributed by atoms with Gasteiger partial charge in [0.25, 0.3) is 5.91 Å². The summed E-state index contributed by atoms with van der Waals surface area (Å²) in [6, 6.07) is 5.43. The highest BCUT2D eigenvalue weighted by atomic mass is 16.2. The van der Waals surface area contributed by atoms with Gasteiger partial charge in [-0.1, -0.05) is 19.9 Å². The summed E-state index contributed by atoms with van der Waals surface area (Å²) in [4.78, 5) is 17.9. The monoisotopic (exact) mass is 206 g/mol. The second-order valence-electron chi connectivity index (χ2n) is 3.51. The molecule has 0 spiro atoms. The van der Waals surface area contributed by atoms with E-state index in [4.69, 9.17) is 0 Å². The fourth-order valence-electron chi connectivity index (χ4n) is 1.51. The van der Waals surface area contributed by atoms with Gasteiger partial charge in [-0.05, 0) is 25.0 Å². The van der Waals surface area contributed by atoms with Crippen LogP contribution in [-0.2, 0) is 0 Å². The van der Waals surface area contributed by atoms with E-state index in [9.17, 15) is 4.79 Å². The van der Waals surface area contributed by atoms with E-state index in [1.165, 1.54) is 0 Å². The van der Waals surface area contributed by atoms with Crippen LogP contribution < -0.4 is 0 Å². The maximum absolute atomic E-state index is 12.0. The topological polar surface area (TPSA) is 33.2 Å². The van der Waals surface area contributed by atoms with Gasteiger partial charge in [-0.2, -0.15) is 0 Å². The molecule has 0 aliphatic heterocycles. The first kappa shape index (κ1) is 11.7. The largest absolute Gasteiger partial charge is 0.337 e. The third-order valence-corrected chi connectivity index (χ3v) is 2.16. The van der Waals surface area contributed by atoms with Crippen LogP contribution in [-0.4, -0.2) is 28.9 Å². The van der Waals surface area contributed by atoms with Crippen LogP contribution in [0.15, 0.2) is 24.4 Å². The lowest BCUT2D eigenvalue weighted by molar-refractivity contribution is 0.0749. The van der Waals surface area contributed by atoms with Gasteiger partial charge < -0.3 is 4.90 Å². The van der Waals surface area contributed by atoms with E-state index in [2.05, 4.69) is 18.8 Å². The smallest absolute Gasteiger partial charge is 0.272 e. The third kappa shape index (κ3) is 3.35. The number of hydrogen-bond acceptors (Lipinski definition) is 2. The van der Waals surface area contributed by atoms with Crippen LogP contribution in [0.4, 0.5) is 0 Å². The molecule has 3 heteroatoms. The van der Waals surface area contributed by atoms with E-state index in [0.717, 1.165) is 25.9 Å². The Morgan fingerprint density at radius 1 is 1.27 bits per heavy atom. The van der Waals surface area contributed by atoms with Gasteiger partial charge in [0, 0.05) is 19.3 Å². The molecule has 1 heterocycles. The van der Waals surface area contributed by atoms with Gasteiger partial charge in [0.2, 0.25) is 0 Å². The molecular weight excluding hydrogens is 188 g/mol. The summed E-state index contributed by atoms with van der Waals surface area (Å²) in [7, 11) is 0. The molecule has 1 amide bonds. The van der Waals surface area contributed by atoms with Crippen molar-refractivity contribution in [3.05, 3.63) is 30.1 Å². The van der Waals surface area contributed by atoms with Gasteiger partial charge in [0.15, 0.2) is 0 Å². The van der Waals surface area contributed by atoms with Gasteiger partial charge in [-0.15, -0.1) is 0 Å². The fourth-order valence-corrected chi connectivity index (χ4v) is 1.51. The zero-order valence-electron chi connectivity index (χ0n) is 9.44. The molecule has 0 radical (unpaired) electrons. The van der Waals surface area contributed by atoms with Crippen molar-refractivity contribution in [1.29, 1.82) is 0 Å². The van der Waals surface area contributed by atoms with Crippen LogP contribution in [0, 0.1) is 0 Å². The van der Waals surface area contributed by atoms with Crippen molar-refractivity contribution < 1.29 is 4.79 Å². The van der Waals surface area contributed by atoms with E-state index in [1.54, 1.807) is 12.3 Å². The van der Waals surface area contributed by atoms with Crippen molar-refractivity contribution >= 4 is 5.91 Å². The van der Waals surface area contributed by atoms with Crippen LogP contribution >= 0.6 is 0 Å². The molecule has 0 aliphatic carbocycles. The highest BCUT2D eigenvalue weighted by Crippen LogP contribution is 2.03. The summed E-state index contributed by atoms with van der Waals surface area (Å²) < 4.78 is 0. The number of amides is 1. The highest BCUT2D eigenvalue weighted by Gasteiger charge is 2.14. The lowest BCUT2D eigenvalue weighted by Crippen LogP contribution is -2.32. The molecule has 0 aromatic carbocycles. The predicted octanol–water partition coefficient (Wildman–Crippen LogP) is 2.34. The Labute approximate surface area is 91.1 Å².